The molecule has 0 radical (unpaired) electrons. The summed E-state index contributed by atoms with van der Waals surface area (Å²) >= 11 is 3.45. The van der Waals surface area contributed by atoms with Crippen LogP contribution in [0.3, 0.4) is 0 Å². The standard InChI is InChI=1S/C16H20BrNO3/c1-3-12(9-16(20)21)10-18-15(19)7-6-13-5-4-11(2)8-14(13)17/h4-8,12H,3,9-10H2,1-2H3,(H,18,19)(H,20,21)/b7-6+. The van der Waals surface area contributed by atoms with Crippen molar-refractivity contribution in [1.82, 2.24) is 5.32 Å². The van der Waals surface area contributed by atoms with Gasteiger partial charge in [0.1, 0.15) is 0 Å². The second kappa shape index (κ2) is 8.62. The zero-order chi connectivity index (χ0) is 15.8. The highest BCUT2D eigenvalue weighted by atomic mass is 79.9. The topological polar surface area (TPSA) is 66.4 Å². The predicted molar refractivity (Wildman–Crippen MR) is 87.0 cm³/mol. The van der Waals surface area contributed by atoms with Crippen molar-refractivity contribution in [2.75, 3.05) is 6.54 Å². The van der Waals surface area contributed by atoms with Crippen molar-refractivity contribution in [2.24, 2.45) is 5.92 Å². The van der Waals surface area contributed by atoms with Crippen LogP contribution in [0.1, 0.15) is 30.9 Å². The number of carbonyl (C=O) groups excluding carboxylic acids is 1. The van der Waals surface area contributed by atoms with E-state index in [4.69, 9.17) is 5.11 Å². The van der Waals surface area contributed by atoms with Crippen molar-refractivity contribution in [1.29, 1.82) is 0 Å². The molecule has 0 bridgehead atoms. The first kappa shape index (κ1) is 17.4. The molecule has 0 heterocycles. The number of hydrogen-bond donors (Lipinski definition) is 2. The number of carboxylic acid groups (broad SMARTS) is 1. The minimum absolute atomic E-state index is 0.0361. The summed E-state index contributed by atoms with van der Waals surface area (Å²) in [6.45, 7) is 4.29. The number of rotatable bonds is 7. The van der Waals surface area contributed by atoms with Gasteiger partial charge in [0.05, 0.1) is 0 Å². The third kappa shape index (κ3) is 6.58. The Bertz CT molecular complexity index is 540. The number of nitrogens with one attached hydrogen (secondary N) is 1. The van der Waals surface area contributed by atoms with E-state index in [1.54, 1.807) is 6.08 Å². The number of carbonyl (C=O) groups is 2. The highest BCUT2D eigenvalue weighted by molar-refractivity contribution is 9.10. The van der Waals surface area contributed by atoms with E-state index in [2.05, 4.69) is 21.2 Å². The molecule has 0 spiro atoms. The number of carboxylic acids is 1. The summed E-state index contributed by atoms with van der Waals surface area (Å²) in [7, 11) is 0. The van der Waals surface area contributed by atoms with E-state index in [1.165, 1.54) is 6.08 Å². The summed E-state index contributed by atoms with van der Waals surface area (Å²) in [4.78, 5) is 22.4. The van der Waals surface area contributed by atoms with Gasteiger partial charge in [0.15, 0.2) is 0 Å². The number of aliphatic carboxylic acids is 1. The number of aryl methyl sites for hydroxylation is 1. The van der Waals surface area contributed by atoms with Crippen LogP contribution in [0.15, 0.2) is 28.7 Å². The van der Waals surface area contributed by atoms with E-state index in [0.29, 0.717) is 6.54 Å². The van der Waals surface area contributed by atoms with Crippen molar-refractivity contribution in [3.63, 3.8) is 0 Å². The molecule has 0 fully saturated rings. The Morgan fingerprint density at radius 2 is 2.14 bits per heavy atom. The van der Waals surface area contributed by atoms with Crippen LogP contribution in [-0.2, 0) is 9.59 Å². The minimum atomic E-state index is -0.838. The first-order valence-corrected chi connectivity index (χ1v) is 7.65. The maximum absolute atomic E-state index is 11.7. The van der Waals surface area contributed by atoms with Crippen LogP contribution in [0, 0.1) is 12.8 Å². The monoisotopic (exact) mass is 353 g/mol. The molecule has 0 aliphatic heterocycles. The Kier molecular flexibility index (Phi) is 7.15. The van der Waals surface area contributed by atoms with Gasteiger partial charge in [-0.3, -0.25) is 9.59 Å². The number of amides is 1. The fraction of sp³-hybridized carbons (Fsp3) is 0.375. The molecule has 0 aliphatic carbocycles. The molecule has 114 valence electrons. The quantitative estimate of drug-likeness (QED) is 0.738. The van der Waals surface area contributed by atoms with Gasteiger partial charge in [0, 0.05) is 23.5 Å². The summed E-state index contributed by atoms with van der Waals surface area (Å²) in [6, 6.07) is 5.89. The smallest absolute Gasteiger partial charge is 0.303 e. The van der Waals surface area contributed by atoms with E-state index < -0.39 is 5.97 Å². The summed E-state index contributed by atoms with van der Waals surface area (Å²) in [5.74, 6) is -1.09. The average Bonchev–Trinajstić information content (AvgIpc) is 2.42. The molecule has 1 rings (SSSR count). The first-order chi connectivity index (χ1) is 9.92. The Labute approximate surface area is 133 Å². The van der Waals surface area contributed by atoms with E-state index in [9.17, 15) is 9.59 Å². The summed E-state index contributed by atoms with van der Waals surface area (Å²) in [5, 5.41) is 11.5. The third-order valence-electron chi connectivity index (χ3n) is 3.18. The van der Waals surface area contributed by atoms with Gasteiger partial charge in [0.2, 0.25) is 5.91 Å². The van der Waals surface area contributed by atoms with Crippen LogP contribution in [0.4, 0.5) is 0 Å². The molecule has 0 saturated heterocycles. The fourth-order valence-corrected chi connectivity index (χ4v) is 2.47. The highest BCUT2D eigenvalue weighted by Gasteiger charge is 2.11. The van der Waals surface area contributed by atoms with Gasteiger partial charge in [-0.05, 0) is 36.1 Å². The Balaban J connectivity index is 2.53. The molecule has 0 saturated carbocycles. The maximum atomic E-state index is 11.7. The molecular formula is C16H20BrNO3. The molecule has 0 aromatic heterocycles. The lowest BCUT2D eigenvalue weighted by molar-refractivity contribution is -0.138. The van der Waals surface area contributed by atoms with Crippen LogP contribution >= 0.6 is 15.9 Å². The van der Waals surface area contributed by atoms with E-state index in [-0.39, 0.29) is 18.2 Å². The van der Waals surface area contributed by atoms with Gasteiger partial charge < -0.3 is 10.4 Å². The molecule has 2 N–H and O–H groups in total. The Morgan fingerprint density at radius 1 is 1.43 bits per heavy atom. The van der Waals surface area contributed by atoms with Gasteiger partial charge in [-0.25, -0.2) is 0 Å². The zero-order valence-corrected chi connectivity index (χ0v) is 13.8. The largest absolute Gasteiger partial charge is 0.481 e. The van der Waals surface area contributed by atoms with Crippen LogP contribution < -0.4 is 5.32 Å². The van der Waals surface area contributed by atoms with E-state index in [0.717, 1.165) is 22.0 Å². The van der Waals surface area contributed by atoms with Crippen LogP contribution in [-0.4, -0.2) is 23.5 Å². The average molecular weight is 354 g/mol. The van der Waals surface area contributed by atoms with Crippen LogP contribution in [0.2, 0.25) is 0 Å². The van der Waals surface area contributed by atoms with Gasteiger partial charge in [-0.2, -0.15) is 0 Å². The molecule has 4 nitrogen and oxygen atoms in total. The molecule has 1 aromatic carbocycles. The molecule has 1 unspecified atom stereocenters. The normalized spacial score (nSPS) is 12.3. The van der Waals surface area contributed by atoms with Gasteiger partial charge in [-0.15, -0.1) is 0 Å². The molecule has 1 atom stereocenters. The van der Waals surface area contributed by atoms with Crippen molar-refractivity contribution in [2.45, 2.75) is 26.7 Å². The minimum Gasteiger partial charge on any atom is -0.481 e. The lowest BCUT2D eigenvalue weighted by atomic mass is 10.0. The number of benzene rings is 1. The number of hydrogen-bond acceptors (Lipinski definition) is 2. The third-order valence-corrected chi connectivity index (χ3v) is 3.86. The molecule has 5 heteroatoms. The highest BCUT2D eigenvalue weighted by Crippen LogP contribution is 2.19. The van der Waals surface area contributed by atoms with Crippen molar-refractivity contribution in [3.05, 3.63) is 39.9 Å². The van der Waals surface area contributed by atoms with E-state index >= 15 is 0 Å². The Hall–Kier alpha value is -1.62. The molecule has 1 aromatic rings. The number of halogens is 1. The van der Waals surface area contributed by atoms with Gasteiger partial charge in [0.25, 0.3) is 0 Å². The molecule has 1 amide bonds. The van der Waals surface area contributed by atoms with Gasteiger partial charge in [-0.1, -0.05) is 41.4 Å². The maximum Gasteiger partial charge on any atom is 0.303 e. The van der Waals surface area contributed by atoms with E-state index in [1.807, 2.05) is 32.0 Å². The summed E-state index contributed by atoms with van der Waals surface area (Å²) in [5.41, 5.74) is 2.07. The second-order valence-electron chi connectivity index (χ2n) is 4.98. The Morgan fingerprint density at radius 3 is 2.71 bits per heavy atom. The lowest BCUT2D eigenvalue weighted by Crippen LogP contribution is -2.28. The van der Waals surface area contributed by atoms with Crippen LogP contribution in [0.25, 0.3) is 6.08 Å². The summed E-state index contributed by atoms with van der Waals surface area (Å²) in [6.07, 6.45) is 3.99. The molecule has 21 heavy (non-hydrogen) atoms. The second-order valence-corrected chi connectivity index (χ2v) is 5.83. The van der Waals surface area contributed by atoms with Crippen molar-refractivity contribution >= 4 is 33.9 Å². The first-order valence-electron chi connectivity index (χ1n) is 6.86. The van der Waals surface area contributed by atoms with Crippen molar-refractivity contribution in [3.8, 4) is 0 Å². The lowest BCUT2D eigenvalue weighted by Gasteiger charge is -2.12. The molecule has 0 aliphatic rings. The SMILES string of the molecule is CCC(CNC(=O)/C=C/c1ccc(C)cc1Br)CC(=O)O. The zero-order valence-electron chi connectivity index (χ0n) is 12.2. The van der Waals surface area contributed by atoms with Crippen molar-refractivity contribution < 1.29 is 14.7 Å². The van der Waals surface area contributed by atoms with Gasteiger partial charge >= 0.3 is 5.97 Å². The summed E-state index contributed by atoms with van der Waals surface area (Å²) < 4.78 is 0.934. The van der Waals surface area contributed by atoms with Crippen LogP contribution in [0.5, 0.6) is 0 Å². The molecular weight excluding hydrogens is 334 g/mol. The fourth-order valence-electron chi connectivity index (χ4n) is 1.84. The predicted octanol–water partition coefficient (Wildman–Crippen LogP) is 3.39.